The predicted octanol–water partition coefficient (Wildman–Crippen LogP) is 2.54. The Kier molecular flexibility index (Phi) is 5.13. The van der Waals surface area contributed by atoms with Crippen molar-refractivity contribution in [1.29, 1.82) is 0 Å². The highest BCUT2D eigenvalue weighted by molar-refractivity contribution is 7.98. The molecule has 1 aliphatic carbocycles. The van der Waals surface area contributed by atoms with Gasteiger partial charge in [-0.05, 0) is 62.7 Å². The summed E-state index contributed by atoms with van der Waals surface area (Å²) in [4.78, 5) is 6.11. The molecule has 1 aromatic carbocycles. The zero-order chi connectivity index (χ0) is 15.7. The van der Waals surface area contributed by atoms with E-state index in [1.165, 1.54) is 17.0 Å². The van der Waals surface area contributed by atoms with E-state index < -0.39 is 0 Å². The minimum Gasteiger partial charge on any atom is -0.391 e. The van der Waals surface area contributed by atoms with Crippen LogP contribution in [0, 0.1) is 11.8 Å². The van der Waals surface area contributed by atoms with Gasteiger partial charge in [0.15, 0.2) is 0 Å². The van der Waals surface area contributed by atoms with Crippen LogP contribution in [0.5, 0.6) is 0 Å². The maximum absolute atomic E-state index is 10.4. The smallest absolute Gasteiger partial charge is 0.0698 e. The van der Waals surface area contributed by atoms with Crippen LogP contribution in [0.25, 0.3) is 0 Å². The first-order valence-corrected chi connectivity index (χ1v) is 9.49. The number of fused-ring (bicyclic) bond motifs is 1. The van der Waals surface area contributed by atoms with Gasteiger partial charge in [0.25, 0.3) is 0 Å². The number of nitrogens with zero attached hydrogens (tertiary/aromatic N) is 2. The van der Waals surface area contributed by atoms with Gasteiger partial charge >= 0.3 is 0 Å². The SMILES string of the molecule is CSc1ccc(CN2C[C@H]3C[C@@H](N(C)C)[C@H](O)C[C@H]3C2)cc1. The van der Waals surface area contributed by atoms with Crippen molar-refractivity contribution in [3.8, 4) is 0 Å². The predicted molar refractivity (Wildman–Crippen MR) is 93.2 cm³/mol. The van der Waals surface area contributed by atoms with E-state index in [-0.39, 0.29) is 6.10 Å². The molecule has 1 N–H and O–H groups in total. The Labute approximate surface area is 138 Å². The standard InChI is InChI=1S/C18H28N2OS/c1-19(2)17-8-14-11-20(12-15(14)9-18(17)21)10-13-4-6-16(22-3)7-5-13/h4-7,14-15,17-18,21H,8-12H2,1-3H3/t14-,15+,17-,18-/m1/s1. The monoisotopic (exact) mass is 320 g/mol. The van der Waals surface area contributed by atoms with Crippen molar-refractivity contribution in [2.45, 2.75) is 36.4 Å². The number of likely N-dealkylation sites (N-methyl/N-ethyl adjacent to an activating group) is 1. The summed E-state index contributed by atoms with van der Waals surface area (Å²) in [6, 6.07) is 9.28. The maximum atomic E-state index is 10.4. The van der Waals surface area contributed by atoms with Crippen molar-refractivity contribution < 1.29 is 5.11 Å². The third-order valence-corrected chi connectivity index (χ3v) is 6.16. The average molecular weight is 321 g/mol. The van der Waals surface area contributed by atoms with Gasteiger partial charge in [-0.3, -0.25) is 4.90 Å². The Morgan fingerprint density at radius 2 is 1.77 bits per heavy atom. The van der Waals surface area contributed by atoms with Crippen molar-refractivity contribution in [3.05, 3.63) is 29.8 Å². The van der Waals surface area contributed by atoms with E-state index in [1.807, 2.05) is 0 Å². The van der Waals surface area contributed by atoms with E-state index in [1.54, 1.807) is 11.8 Å². The summed E-state index contributed by atoms with van der Waals surface area (Å²) in [5, 5.41) is 10.4. The Balaban J connectivity index is 1.59. The van der Waals surface area contributed by atoms with Gasteiger partial charge in [-0.2, -0.15) is 0 Å². The van der Waals surface area contributed by atoms with Crippen LogP contribution < -0.4 is 0 Å². The molecule has 4 heteroatoms. The summed E-state index contributed by atoms with van der Waals surface area (Å²) in [7, 11) is 4.18. The van der Waals surface area contributed by atoms with Crippen molar-refractivity contribution in [1.82, 2.24) is 9.80 Å². The molecule has 0 aromatic heterocycles. The van der Waals surface area contributed by atoms with Crippen LogP contribution in [-0.2, 0) is 6.54 Å². The molecule has 2 fully saturated rings. The molecule has 0 radical (unpaired) electrons. The summed E-state index contributed by atoms with van der Waals surface area (Å²) in [6.07, 6.45) is 4.07. The molecule has 0 amide bonds. The van der Waals surface area contributed by atoms with Crippen LogP contribution in [-0.4, -0.2) is 60.5 Å². The van der Waals surface area contributed by atoms with Crippen LogP contribution in [0.3, 0.4) is 0 Å². The fourth-order valence-electron chi connectivity index (χ4n) is 4.18. The molecule has 3 rings (SSSR count). The number of thioether (sulfide) groups is 1. The molecule has 1 heterocycles. The maximum Gasteiger partial charge on any atom is 0.0698 e. The average Bonchev–Trinajstić information content (AvgIpc) is 2.88. The zero-order valence-corrected chi connectivity index (χ0v) is 14.7. The Morgan fingerprint density at radius 1 is 1.14 bits per heavy atom. The number of likely N-dealkylation sites (tertiary alicyclic amines) is 1. The highest BCUT2D eigenvalue weighted by Gasteiger charge is 2.42. The Hall–Kier alpha value is -0.550. The lowest BCUT2D eigenvalue weighted by Gasteiger charge is -2.38. The van der Waals surface area contributed by atoms with E-state index in [4.69, 9.17) is 0 Å². The number of hydrogen-bond donors (Lipinski definition) is 1. The van der Waals surface area contributed by atoms with Crippen LogP contribution in [0.15, 0.2) is 29.2 Å². The summed E-state index contributed by atoms with van der Waals surface area (Å²) < 4.78 is 0. The number of benzene rings is 1. The van der Waals surface area contributed by atoms with Crippen LogP contribution in [0.1, 0.15) is 18.4 Å². The van der Waals surface area contributed by atoms with Crippen molar-refractivity contribution in [3.63, 3.8) is 0 Å². The quantitative estimate of drug-likeness (QED) is 0.863. The fraction of sp³-hybridized carbons (Fsp3) is 0.667. The van der Waals surface area contributed by atoms with Crippen LogP contribution >= 0.6 is 11.8 Å². The van der Waals surface area contributed by atoms with Gasteiger partial charge in [0, 0.05) is 30.6 Å². The van der Waals surface area contributed by atoms with E-state index in [0.717, 1.165) is 31.8 Å². The molecular weight excluding hydrogens is 292 g/mol. The molecule has 3 nitrogen and oxygen atoms in total. The van der Waals surface area contributed by atoms with Gasteiger partial charge in [-0.25, -0.2) is 0 Å². The van der Waals surface area contributed by atoms with Gasteiger partial charge in [0.1, 0.15) is 0 Å². The second kappa shape index (κ2) is 6.91. The van der Waals surface area contributed by atoms with Gasteiger partial charge in [0.05, 0.1) is 6.10 Å². The Morgan fingerprint density at radius 3 is 2.36 bits per heavy atom. The van der Waals surface area contributed by atoms with E-state index >= 15 is 0 Å². The first kappa shape index (κ1) is 16.3. The molecular formula is C18H28N2OS. The summed E-state index contributed by atoms with van der Waals surface area (Å²) in [5.74, 6) is 1.43. The first-order chi connectivity index (χ1) is 10.6. The molecule has 122 valence electrons. The van der Waals surface area contributed by atoms with Crippen LogP contribution in [0.2, 0.25) is 0 Å². The normalized spacial score (nSPS) is 32.4. The fourth-order valence-corrected chi connectivity index (χ4v) is 4.59. The van der Waals surface area contributed by atoms with Crippen molar-refractivity contribution in [2.75, 3.05) is 33.4 Å². The Bertz CT molecular complexity index is 490. The van der Waals surface area contributed by atoms with Gasteiger partial charge < -0.3 is 10.0 Å². The van der Waals surface area contributed by atoms with E-state index in [0.29, 0.717) is 12.0 Å². The molecule has 4 atom stereocenters. The van der Waals surface area contributed by atoms with E-state index in [2.05, 4.69) is 54.4 Å². The molecule has 22 heavy (non-hydrogen) atoms. The third kappa shape index (κ3) is 3.51. The largest absolute Gasteiger partial charge is 0.391 e. The molecule has 2 aliphatic rings. The molecule has 1 aliphatic heterocycles. The lowest BCUT2D eigenvalue weighted by atomic mass is 9.77. The lowest BCUT2D eigenvalue weighted by molar-refractivity contribution is 0.00941. The lowest BCUT2D eigenvalue weighted by Crippen LogP contribution is -2.46. The number of aliphatic hydroxyl groups excluding tert-OH is 1. The number of hydrogen-bond acceptors (Lipinski definition) is 4. The first-order valence-electron chi connectivity index (χ1n) is 8.26. The van der Waals surface area contributed by atoms with Crippen LogP contribution in [0.4, 0.5) is 0 Å². The van der Waals surface area contributed by atoms with Gasteiger partial charge in [-0.1, -0.05) is 12.1 Å². The minimum absolute atomic E-state index is 0.155. The van der Waals surface area contributed by atoms with E-state index in [9.17, 15) is 5.11 Å². The third-order valence-electron chi connectivity index (χ3n) is 5.41. The molecule has 0 spiro atoms. The topological polar surface area (TPSA) is 26.7 Å². The second-order valence-electron chi connectivity index (χ2n) is 7.13. The zero-order valence-electron chi connectivity index (χ0n) is 13.9. The molecule has 0 bridgehead atoms. The van der Waals surface area contributed by atoms with Crippen molar-refractivity contribution >= 4 is 11.8 Å². The number of rotatable bonds is 4. The summed E-state index contributed by atoms with van der Waals surface area (Å²) in [5.41, 5.74) is 1.40. The number of aliphatic hydroxyl groups is 1. The van der Waals surface area contributed by atoms with Gasteiger partial charge in [0.2, 0.25) is 0 Å². The molecule has 0 unspecified atom stereocenters. The second-order valence-corrected chi connectivity index (χ2v) is 8.01. The minimum atomic E-state index is -0.155. The highest BCUT2D eigenvalue weighted by atomic mass is 32.2. The summed E-state index contributed by atoms with van der Waals surface area (Å²) >= 11 is 1.79. The summed E-state index contributed by atoms with van der Waals surface area (Å²) in [6.45, 7) is 3.38. The highest BCUT2D eigenvalue weighted by Crippen LogP contribution is 2.38. The molecule has 1 saturated carbocycles. The van der Waals surface area contributed by atoms with Crippen molar-refractivity contribution in [2.24, 2.45) is 11.8 Å². The molecule has 1 saturated heterocycles. The van der Waals surface area contributed by atoms with Gasteiger partial charge in [-0.15, -0.1) is 11.8 Å². The molecule has 1 aromatic rings.